The van der Waals surface area contributed by atoms with Crippen LogP contribution in [0, 0.1) is 16.9 Å². The lowest BCUT2D eigenvalue weighted by Crippen LogP contribution is -2.52. The van der Waals surface area contributed by atoms with Gasteiger partial charge in [-0.05, 0) is 68.1 Å². The second-order valence-corrected chi connectivity index (χ2v) is 14.4. The Kier molecular flexibility index (Phi) is 11.1. The van der Waals surface area contributed by atoms with Crippen molar-refractivity contribution in [3.05, 3.63) is 114 Å². The van der Waals surface area contributed by atoms with Crippen LogP contribution in [0.1, 0.15) is 61.6 Å². The number of carbonyl (C=O) groups is 2. The molecule has 2 N–H and O–H groups in total. The first kappa shape index (κ1) is 35.9. The smallest absolute Gasteiger partial charge is 0.336 e. The van der Waals surface area contributed by atoms with Crippen molar-refractivity contribution in [3.63, 3.8) is 0 Å². The molecule has 0 aliphatic carbocycles. The van der Waals surface area contributed by atoms with E-state index in [1.165, 1.54) is 44.0 Å². The molecule has 4 aromatic rings. The highest BCUT2D eigenvalue weighted by atomic mass is 35.5. The fraction of sp³-hybridized carbons (Fsp3) is 0.361. The van der Waals surface area contributed by atoms with Gasteiger partial charge in [-0.2, -0.15) is 4.73 Å². The molecule has 3 aliphatic heterocycles. The summed E-state index contributed by atoms with van der Waals surface area (Å²) < 4.78 is 32.6. The fourth-order valence-corrected chi connectivity index (χ4v) is 8.66. The maximum atomic E-state index is 15.1. The zero-order chi connectivity index (χ0) is 35.5. The summed E-state index contributed by atoms with van der Waals surface area (Å²) in [7, 11) is 3.01. The summed E-state index contributed by atoms with van der Waals surface area (Å²) in [6.07, 6.45) is 4.14. The van der Waals surface area contributed by atoms with Gasteiger partial charge < -0.3 is 24.5 Å². The standard InChI is InChI=1S/C36H36Cl2FN3O7S/c1-47-30-8-7-21(13-31(30)48-2)24(15-25-27(37)17-42(46)18-28(25)38)34-26(35(43)44)14-22(50-34)16-40-33(23-5-3-4-6-29(23)39)36(45)49-32-19-41-11-9-20(32)10-12-41/h3-8,13-14,17-18,20,24,32-33,40H,9-12,15-16,19H2,1-2H3,(H,43,44)/t24-,32-,33?/m0/s1. The Hall–Kier alpha value is -3.94. The quantitative estimate of drug-likeness (QED) is 0.0912. The molecule has 3 saturated heterocycles. The molecule has 3 fully saturated rings. The van der Waals surface area contributed by atoms with Gasteiger partial charge in [-0.15, -0.1) is 11.3 Å². The number of pyridine rings is 1. The molecule has 3 atom stereocenters. The van der Waals surface area contributed by atoms with Gasteiger partial charge in [0.1, 0.15) is 28.0 Å². The predicted molar refractivity (Wildman–Crippen MR) is 187 cm³/mol. The third-order valence-electron chi connectivity index (χ3n) is 9.43. The van der Waals surface area contributed by atoms with Crippen molar-refractivity contribution < 1.29 is 38.0 Å². The Morgan fingerprint density at radius 3 is 2.40 bits per heavy atom. The van der Waals surface area contributed by atoms with Crippen molar-refractivity contribution in [1.29, 1.82) is 0 Å². The molecule has 2 bridgehead atoms. The number of halogens is 3. The molecule has 10 nitrogen and oxygen atoms in total. The van der Waals surface area contributed by atoms with E-state index in [0.717, 1.165) is 25.9 Å². The van der Waals surface area contributed by atoms with E-state index >= 15 is 4.39 Å². The van der Waals surface area contributed by atoms with Gasteiger partial charge in [-0.1, -0.05) is 47.5 Å². The average Bonchev–Trinajstić information content (AvgIpc) is 3.53. The summed E-state index contributed by atoms with van der Waals surface area (Å²) in [5, 5.41) is 25.8. The summed E-state index contributed by atoms with van der Waals surface area (Å²) in [5.41, 5.74) is 1.31. The van der Waals surface area contributed by atoms with Crippen molar-refractivity contribution in [2.45, 2.75) is 43.9 Å². The van der Waals surface area contributed by atoms with Crippen molar-refractivity contribution in [2.24, 2.45) is 5.92 Å². The number of nitrogens with zero attached hydrogens (tertiary/aromatic N) is 2. The van der Waals surface area contributed by atoms with E-state index < -0.39 is 29.7 Å². The Morgan fingerprint density at radius 1 is 1.08 bits per heavy atom. The van der Waals surface area contributed by atoms with Crippen molar-refractivity contribution in [2.75, 3.05) is 33.9 Å². The van der Waals surface area contributed by atoms with Crippen LogP contribution >= 0.6 is 34.5 Å². The maximum Gasteiger partial charge on any atom is 0.336 e. The number of carbonyl (C=O) groups excluding carboxylic acids is 1. The SMILES string of the molecule is COc1ccc([C@H](Cc2c(Cl)c[n+]([O-])cc2Cl)c2sc(CNC(C(=O)O[C@H]3CN4CCC3CC4)c3ccccc3F)cc2C(=O)O)cc1OC. The maximum absolute atomic E-state index is 15.1. The second kappa shape index (κ2) is 15.5. The highest BCUT2D eigenvalue weighted by Gasteiger charge is 2.38. The Labute approximate surface area is 302 Å². The zero-order valence-electron chi connectivity index (χ0n) is 27.4. The molecule has 5 heterocycles. The topological polar surface area (TPSA) is 124 Å². The number of hydrogen-bond acceptors (Lipinski definition) is 9. The first-order chi connectivity index (χ1) is 24.1. The van der Waals surface area contributed by atoms with Gasteiger partial charge in [-0.25, -0.2) is 14.0 Å². The van der Waals surface area contributed by atoms with Crippen molar-refractivity contribution in [3.8, 4) is 11.5 Å². The minimum absolute atomic E-state index is 0.0333. The van der Waals surface area contributed by atoms with Crippen LogP contribution in [0.15, 0.2) is 60.9 Å². The molecule has 0 spiro atoms. The van der Waals surface area contributed by atoms with Gasteiger partial charge in [0.05, 0.1) is 19.8 Å². The minimum atomic E-state index is -1.16. The van der Waals surface area contributed by atoms with E-state index in [1.807, 2.05) is 0 Å². The van der Waals surface area contributed by atoms with E-state index in [1.54, 1.807) is 42.5 Å². The van der Waals surface area contributed by atoms with E-state index in [2.05, 4.69) is 10.2 Å². The van der Waals surface area contributed by atoms with Crippen LogP contribution < -0.4 is 19.5 Å². The Balaban J connectivity index is 1.34. The number of piperidine rings is 3. The number of hydrogen-bond donors (Lipinski definition) is 2. The van der Waals surface area contributed by atoms with Crippen LogP contribution in [0.2, 0.25) is 10.0 Å². The molecule has 14 heteroatoms. The number of thiophene rings is 1. The molecular weight excluding hydrogens is 708 g/mol. The number of aromatic carboxylic acids is 1. The van der Waals surface area contributed by atoms with E-state index in [0.29, 0.717) is 43.7 Å². The number of aromatic nitrogens is 1. The summed E-state index contributed by atoms with van der Waals surface area (Å²) in [6, 6.07) is 11.7. The largest absolute Gasteiger partial charge is 0.619 e. The molecule has 0 saturated carbocycles. The highest BCUT2D eigenvalue weighted by Crippen LogP contribution is 2.42. The van der Waals surface area contributed by atoms with Gasteiger partial charge in [0, 0.05) is 39.9 Å². The molecule has 2 aromatic carbocycles. The molecule has 0 amide bonds. The fourth-order valence-electron chi connectivity index (χ4n) is 6.83. The lowest BCUT2D eigenvalue weighted by molar-refractivity contribution is -0.605. The lowest BCUT2D eigenvalue weighted by atomic mass is 9.86. The average molecular weight is 745 g/mol. The van der Waals surface area contributed by atoms with Crippen LogP contribution in [0.25, 0.3) is 0 Å². The molecule has 7 rings (SSSR count). The first-order valence-corrected chi connectivity index (χ1v) is 17.7. The Morgan fingerprint density at radius 2 is 1.78 bits per heavy atom. The number of nitrogens with one attached hydrogen (secondary N) is 1. The van der Waals surface area contributed by atoms with Gasteiger partial charge >= 0.3 is 11.9 Å². The van der Waals surface area contributed by atoms with Crippen LogP contribution in [0.4, 0.5) is 4.39 Å². The number of benzene rings is 2. The third kappa shape index (κ3) is 7.69. The lowest BCUT2D eigenvalue weighted by Gasteiger charge is -2.44. The number of carboxylic acid groups (broad SMARTS) is 1. The third-order valence-corrected chi connectivity index (χ3v) is 11.3. The summed E-state index contributed by atoms with van der Waals surface area (Å²) >= 11 is 14.2. The van der Waals surface area contributed by atoms with Crippen LogP contribution in [-0.2, 0) is 22.5 Å². The number of ether oxygens (including phenoxy) is 3. The van der Waals surface area contributed by atoms with Crippen molar-refractivity contribution in [1.82, 2.24) is 10.2 Å². The van der Waals surface area contributed by atoms with Crippen LogP contribution in [0.3, 0.4) is 0 Å². The van der Waals surface area contributed by atoms with Gasteiger partial charge in [0.25, 0.3) is 0 Å². The number of rotatable bonds is 13. The summed E-state index contributed by atoms with van der Waals surface area (Å²) in [4.78, 5) is 29.8. The molecule has 50 heavy (non-hydrogen) atoms. The van der Waals surface area contributed by atoms with Crippen molar-refractivity contribution >= 4 is 46.5 Å². The number of fused-ring (bicyclic) bond motifs is 3. The van der Waals surface area contributed by atoms with E-state index in [9.17, 15) is 19.9 Å². The number of methoxy groups -OCH3 is 2. The molecule has 0 radical (unpaired) electrons. The predicted octanol–water partition coefficient (Wildman–Crippen LogP) is 6.39. The molecule has 2 aromatic heterocycles. The molecular formula is C36H36Cl2FN3O7S. The van der Waals surface area contributed by atoms with Crippen LogP contribution in [0.5, 0.6) is 11.5 Å². The Bertz CT molecular complexity index is 1860. The number of esters is 1. The summed E-state index contributed by atoms with van der Waals surface area (Å²) in [6.45, 7) is 2.65. The normalized spacial score (nSPS) is 19.5. The number of carboxylic acids is 1. The molecule has 264 valence electrons. The minimum Gasteiger partial charge on any atom is -0.619 e. The monoisotopic (exact) mass is 743 g/mol. The highest BCUT2D eigenvalue weighted by molar-refractivity contribution is 7.12. The van der Waals surface area contributed by atoms with E-state index in [4.69, 9.17) is 37.4 Å². The van der Waals surface area contributed by atoms with E-state index in [-0.39, 0.29) is 46.2 Å². The first-order valence-electron chi connectivity index (χ1n) is 16.1. The van der Waals surface area contributed by atoms with Gasteiger partial charge in [-0.3, -0.25) is 10.2 Å². The second-order valence-electron chi connectivity index (χ2n) is 12.4. The van der Waals surface area contributed by atoms with Crippen LogP contribution in [-0.4, -0.2) is 61.9 Å². The summed E-state index contributed by atoms with van der Waals surface area (Å²) in [5.74, 6) is -1.74. The zero-order valence-corrected chi connectivity index (χ0v) is 29.7. The van der Waals surface area contributed by atoms with Gasteiger partial charge in [0.15, 0.2) is 23.9 Å². The van der Waals surface area contributed by atoms with Gasteiger partial charge in [0.2, 0.25) is 0 Å². The molecule has 1 unspecified atom stereocenters. The molecule has 3 aliphatic rings.